The number of rotatable bonds is 0. The van der Waals surface area contributed by atoms with Crippen LogP contribution in [0.25, 0.3) is 22.0 Å². The zero-order valence-corrected chi connectivity index (χ0v) is 14.6. The van der Waals surface area contributed by atoms with Gasteiger partial charge in [0.25, 0.3) is 0 Å². The van der Waals surface area contributed by atoms with Crippen LogP contribution >= 0.6 is 0 Å². The Morgan fingerprint density at radius 3 is 2.24 bits per heavy atom. The molecule has 1 aliphatic rings. The molecule has 0 aliphatic carbocycles. The van der Waals surface area contributed by atoms with Gasteiger partial charge in [-0.15, -0.1) is 0 Å². The number of phenols is 4. The molecule has 0 amide bonds. The van der Waals surface area contributed by atoms with Crippen molar-refractivity contribution in [2.75, 3.05) is 0 Å². The number of nitrogens with zero attached hydrogens (tertiary/aromatic N) is 1. The number of carboxylic acids is 1. The Labute approximate surface area is 161 Å². The van der Waals surface area contributed by atoms with Gasteiger partial charge < -0.3 is 30.3 Å². The minimum Gasteiger partial charge on any atom is -0.542 e. The van der Waals surface area contributed by atoms with Crippen LogP contribution in [0.5, 0.6) is 23.0 Å². The SMILES string of the molecule is O=C([O-])C(F)(F)F.Oc1cc2c(cc1O)-c1cc3ccc(O)c(O)c3c[n+]1CC2. The molecule has 0 saturated heterocycles. The lowest BCUT2D eigenvalue weighted by Gasteiger charge is -2.16. The molecule has 0 fully saturated rings. The molecule has 2 aromatic carbocycles. The Morgan fingerprint density at radius 1 is 1.00 bits per heavy atom. The van der Waals surface area contributed by atoms with Crippen molar-refractivity contribution in [3.8, 4) is 34.3 Å². The highest BCUT2D eigenvalue weighted by Gasteiger charge is 2.29. The molecule has 1 aliphatic heterocycles. The van der Waals surface area contributed by atoms with Crippen LogP contribution in [0.3, 0.4) is 0 Å². The van der Waals surface area contributed by atoms with E-state index >= 15 is 0 Å². The molecule has 4 N–H and O–H groups in total. The fraction of sp³-hybridized carbons (Fsp3) is 0.158. The number of alkyl halides is 3. The van der Waals surface area contributed by atoms with E-state index in [1.165, 1.54) is 6.07 Å². The summed E-state index contributed by atoms with van der Waals surface area (Å²) in [6.07, 6.45) is -2.68. The molecule has 0 spiro atoms. The molecule has 4 rings (SSSR count). The summed E-state index contributed by atoms with van der Waals surface area (Å²) in [6.45, 7) is 0.692. The first-order valence-electron chi connectivity index (χ1n) is 8.20. The Kier molecular flexibility index (Phi) is 4.87. The molecule has 0 bridgehead atoms. The highest BCUT2D eigenvalue weighted by Crippen LogP contribution is 2.38. The van der Waals surface area contributed by atoms with Crippen molar-refractivity contribution >= 4 is 16.7 Å². The monoisotopic (exact) mass is 409 g/mol. The minimum atomic E-state index is -5.19. The van der Waals surface area contributed by atoms with Crippen LogP contribution in [-0.2, 0) is 17.8 Å². The maximum atomic E-state index is 10.5. The van der Waals surface area contributed by atoms with Gasteiger partial charge in [0.15, 0.2) is 35.7 Å². The first kappa shape index (κ1) is 20.1. The number of aromatic hydroxyl groups is 4. The number of hydrogen-bond donors (Lipinski definition) is 4. The number of fused-ring (bicyclic) bond motifs is 4. The lowest BCUT2D eigenvalue weighted by Crippen LogP contribution is -2.39. The third kappa shape index (κ3) is 3.82. The van der Waals surface area contributed by atoms with Crippen LogP contribution in [0.15, 0.2) is 36.5 Å². The van der Waals surface area contributed by atoms with Crippen LogP contribution in [0.1, 0.15) is 5.56 Å². The van der Waals surface area contributed by atoms with E-state index in [0.29, 0.717) is 18.4 Å². The molecule has 0 atom stereocenters. The van der Waals surface area contributed by atoms with Crippen LogP contribution in [0.4, 0.5) is 13.2 Å². The summed E-state index contributed by atoms with van der Waals surface area (Å²) in [4.78, 5) is 8.78. The van der Waals surface area contributed by atoms with E-state index in [2.05, 4.69) is 0 Å². The van der Waals surface area contributed by atoms with Gasteiger partial charge in [-0.05, 0) is 35.2 Å². The van der Waals surface area contributed by atoms with Crippen molar-refractivity contribution in [1.82, 2.24) is 0 Å². The van der Waals surface area contributed by atoms with Crippen LogP contribution in [-0.4, -0.2) is 32.6 Å². The van der Waals surface area contributed by atoms with Crippen molar-refractivity contribution in [3.63, 3.8) is 0 Å². The second kappa shape index (κ2) is 7.04. The molecule has 7 nitrogen and oxygen atoms in total. The molecule has 152 valence electrons. The zero-order chi connectivity index (χ0) is 21.5. The number of aromatic nitrogens is 1. The number of carbonyl (C=O) groups is 1. The Balaban J connectivity index is 0.000000298. The molecule has 0 unspecified atom stereocenters. The number of carbonyl (C=O) groups excluding carboxylic acids is 1. The average Bonchev–Trinajstić information content (AvgIpc) is 2.64. The zero-order valence-electron chi connectivity index (χ0n) is 14.6. The summed E-state index contributed by atoms with van der Waals surface area (Å²) >= 11 is 0. The molecule has 0 radical (unpaired) electrons. The number of phenolic OH excluding ortho intramolecular Hbond substituents is 4. The molecule has 1 aromatic heterocycles. The van der Waals surface area contributed by atoms with E-state index in [-0.39, 0.29) is 23.0 Å². The normalized spacial score (nSPS) is 12.5. The van der Waals surface area contributed by atoms with E-state index in [0.717, 1.165) is 22.2 Å². The minimum absolute atomic E-state index is 0.115. The highest BCUT2D eigenvalue weighted by atomic mass is 19.4. The molecule has 29 heavy (non-hydrogen) atoms. The summed E-state index contributed by atoms with van der Waals surface area (Å²) in [7, 11) is 0. The summed E-state index contributed by atoms with van der Waals surface area (Å²) < 4.78 is 33.5. The van der Waals surface area contributed by atoms with E-state index < -0.39 is 12.1 Å². The number of pyridine rings is 1. The van der Waals surface area contributed by atoms with Gasteiger partial charge in [0.2, 0.25) is 5.69 Å². The summed E-state index contributed by atoms with van der Waals surface area (Å²) in [6, 6.07) is 8.24. The Morgan fingerprint density at radius 2 is 1.62 bits per heavy atom. The fourth-order valence-electron chi connectivity index (χ4n) is 3.05. The fourth-order valence-corrected chi connectivity index (χ4v) is 3.05. The summed E-state index contributed by atoms with van der Waals surface area (Å²) in [5, 5.41) is 49.2. The Hall–Kier alpha value is -3.69. The maximum absolute atomic E-state index is 10.5. The molecular weight excluding hydrogens is 395 g/mol. The standard InChI is InChI=1S/C17H13NO4.C2HF3O2/c19-14-2-1-9-5-13-11-7-16(21)15(20)6-10(11)3-4-18(13)8-12(9)17(14)22;3-2(4,5)1(6)7/h1-2,5-8H,3-4H2,(H3,19,20,21,22);(H,6,7). The summed E-state index contributed by atoms with van der Waals surface area (Å²) in [5.41, 5.74) is 2.72. The molecule has 0 saturated carbocycles. The second-order valence-corrected chi connectivity index (χ2v) is 6.32. The molecule has 10 heteroatoms. The van der Waals surface area contributed by atoms with Gasteiger partial charge in [0.05, 0.1) is 10.9 Å². The van der Waals surface area contributed by atoms with Crippen LogP contribution in [0.2, 0.25) is 0 Å². The van der Waals surface area contributed by atoms with Crippen molar-refractivity contribution in [2.24, 2.45) is 0 Å². The number of hydrogen-bond acceptors (Lipinski definition) is 6. The van der Waals surface area contributed by atoms with Gasteiger partial charge in [-0.2, -0.15) is 17.7 Å². The summed E-state index contributed by atoms with van der Waals surface area (Å²) in [5.74, 6) is -3.55. The van der Waals surface area contributed by atoms with Gasteiger partial charge in [0, 0.05) is 12.5 Å². The second-order valence-electron chi connectivity index (χ2n) is 6.32. The third-order valence-corrected chi connectivity index (χ3v) is 4.45. The van der Waals surface area contributed by atoms with Crippen molar-refractivity contribution < 1.29 is 48.1 Å². The largest absolute Gasteiger partial charge is 0.542 e. The lowest BCUT2D eigenvalue weighted by molar-refractivity contribution is -0.686. The number of carboxylic acid groups (broad SMARTS) is 1. The smallest absolute Gasteiger partial charge is 0.430 e. The van der Waals surface area contributed by atoms with E-state index in [1.807, 2.05) is 10.6 Å². The van der Waals surface area contributed by atoms with Crippen molar-refractivity contribution in [3.05, 3.63) is 42.1 Å². The van der Waals surface area contributed by atoms with Gasteiger partial charge in [-0.25, -0.2) is 0 Å². The van der Waals surface area contributed by atoms with Crippen LogP contribution < -0.4 is 9.67 Å². The van der Waals surface area contributed by atoms with E-state index in [9.17, 15) is 33.6 Å². The number of benzene rings is 2. The van der Waals surface area contributed by atoms with Crippen molar-refractivity contribution in [2.45, 2.75) is 19.1 Å². The predicted octanol–water partition coefficient (Wildman–Crippen LogP) is 1.47. The van der Waals surface area contributed by atoms with Gasteiger partial charge >= 0.3 is 6.18 Å². The number of aryl methyl sites for hydroxylation is 2. The number of aliphatic carboxylic acids is 1. The van der Waals surface area contributed by atoms with Crippen LogP contribution in [0, 0.1) is 0 Å². The molecule has 3 aromatic rings. The lowest BCUT2D eigenvalue weighted by atomic mass is 9.95. The number of halogens is 3. The predicted molar refractivity (Wildman–Crippen MR) is 91.0 cm³/mol. The van der Waals surface area contributed by atoms with Gasteiger partial charge in [0.1, 0.15) is 5.97 Å². The Bertz CT molecular complexity index is 1130. The van der Waals surface area contributed by atoms with Crippen molar-refractivity contribution in [1.29, 1.82) is 0 Å². The molecule has 2 heterocycles. The van der Waals surface area contributed by atoms with Gasteiger partial charge in [-0.3, -0.25) is 0 Å². The van der Waals surface area contributed by atoms with E-state index in [4.69, 9.17) is 9.90 Å². The maximum Gasteiger partial charge on any atom is 0.430 e. The topological polar surface area (TPSA) is 125 Å². The quantitative estimate of drug-likeness (QED) is 0.329. The van der Waals surface area contributed by atoms with E-state index in [1.54, 1.807) is 24.4 Å². The average molecular weight is 409 g/mol. The molecular formula is C19H14F3NO6. The first-order chi connectivity index (χ1) is 13.5. The first-order valence-corrected chi connectivity index (χ1v) is 8.20. The van der Waals surface area contributed by atoms with Gasteiger partial charge in [-0.1, -0.05) is 0 Å². The third-order valence-electron chi connectivity index (χ3n) is 4.45. The highest BCUT2D eigenvalue weighted by molar-refractivity contribution is 5.91.